The van der Waals surface area contributed by atoms with Crippen LogP contribution < -0.4 is 5.73 Å². The lowest BCUT2D eigenvalue weighted by atomic mass is 10.1. The predicted molar refractivity (Wildman–Crippen MR) is 69.4 cm³/mol. The molecule has 96 valence electrons. The van der Waals surface area contributed by atoms with Crippen molar-refractivity contribution in [3.8, 4) is 23.1 Å². The van der Waals surface area contributed by atoms with Crippen LogP contribution in [0.3, 0.4) is 0 Å². The molecule has 0 spiro atoms. The maximum Gasteiger partial charge on any atom is 0.261 e. The van der Waals surface area contributed by atoms with E-state index in [2.05, 4.69) is 25.3 Å². The average Bonchev–Trinajstić information content (AvgIpc) is 3.11. The number of fused-ring (bicyclic) bond motifs is 1. The minimum atomic E-state index is 0.393. The highest BCUT2D eigenvalue weighted by Gasteiger charge is 2.25. The normalized spacial score (nSPS) is 13.9. The first-order chi connectivity index (χ1) is 9.33. The molecule has 0 fully saturated rings. The van der Waals surface area contributed by atoms with Gasteiger partial charge in [-0.3, -0.25) is 5.10 Å². The van der Waals surface area contributed by atoms with E-state index in [1.54, 1.807) is 11.3 Å². The van der Waals surface area contributed by atoms with Gasteiger partial charge < -0.3 is 10.3 Å². The van der Waals surface area contributed by atoms with Crippen LogP contribution in [0.4, 0.5) is 5.00 Å². The highest BCUT2D eigenvalue weighted by Crippen LogP contribution is 2.42. The number of hydrogen-bond donors (Lipinski definition) is 2. The van der Waals surface area contributed by atoms with Crippen LogP contribution in [0.15, 0.2) is 10.9 Å². The maximum atomic E-state index is 6.07. The number of thiophene rings is 1. The van der Waals surface area contributed by atoms with Crippen molar-refractivity contribution < 1.29 is 4.52 Å². The molecule has 4 rings (SSSR count). The molecule has 0 bridgehead atoms. The van der Waals surface area contributed by atoms with E-state index in [0.29, 0.717) is 17.5 Å². The van der Waals surface area contributed by atoms with Crippen molar-refractivity contribution in [3.63, 3.8) is 0 Å². The van der Waals surface area contributed by atoms with Crippen molar-refractivity contribution in [2.45, 2.75) is 19.3 Å². The van der Waals surface area contributed by atoms with Gasteiger partial charge in [-0.25, -0.2) is 4.98 Å². The van der Waals surface area contributed by atoms with Crippen LogP contribution in [0, 0.1) is 0 Å². The number of nitrogens with one attached hydrogen (secondary N) is 1. The first kappa shape index (κ1) is 10.7. The number of aromatic nitrogens is 5. The van der Waals surface area contributed by atoms with Crippen LogP contribution in [-0.4, -0.2) is 25.3 Å². The fourth-order valence-corrected chi connectivity index (χ4v) is 3.55. The topological polar surface area (TPSA) is 107 Å². The molecule has 3 N–H and O–H groups in total. The number of hydrogen-bond acceptors (Lipinski definition) is 7. The Morgan fingerprint density at radius 2 is 2.32 bits per heavy atom. The maximum absolute atomic E-state index is 6.07. The van der Waals surface area contributed by atoms with E-state index in [1.165, 1.54) is 16.8 Å². The van der Waals surface area contributed by atoms with Crippen LogP contribution in [0.25, 0.3) is 23.1 Å². The number of nitrogens with zero attached hydrogens (tertiary/aromatic N) is 4. The fourth-order valence-electron chi connectivity index (χ4n) is 2.39. The van der Waals surface area contributed by atoms with Gasteiger partial charge in [-0.2, -0.15) is 10.1 Å². The van der Waals surface area contributed by atoms with Gasteiger partial charge in [0, 0.05) is 4.88 Å². The predicted octanol–water partition coefficient (Wildman–Crippen LogP) is 1.65. The Bertz CT molecular complexity index is 729. The van der Waals surface area contributed by atoms with Crippen molar-refractivity contribution >= 4 is 16.3 Å². The third-order valence-corrected chi connectivity index (χ3v) is 4.34. The van der Waals surface area contributed by atoms with E-state index in [1.807, 2.05) is 0 Å². The summed E-state index contributed by atoms with van der Waals surface area (Å²) < 4.78 is 5.32. The van der Waals surface area contributed by atoms with Crippen LogP contribution in [0.1, 0.15) is 16.9 Å². The first-order valence-corrected chi connectivity index (χ1v) is 6.74. The molecule has 0 radical (unpaired) electrons. The quantitative estimate of drug-likeness (QED) is 0.736. The Morgan fingerprint density at radius 1 is 1.37 bits per heavy atom. The molecule has 0 saturated heterocycles. The molecule has 8 heteroatoms. The minimum Gasteiger partial charge on any atom is -0.390 e. The van der Waals surface area contributed by atoms with Crippen LogP contribution in [0.2, 0.25) is 0 Å². The Kier molecular flexibility index (Phi) is 2.18. The Hall–Kier alpha value is -2.22. The molecular formula is C11H10N6OS. The average molecular weight is 274 g/mol. The van der Waals surface area contributed by atoms with E-state index in [0.717, 1.165) is 29.8 Å². The fraction of sp³-hybridized carbons (Fsp3) is 0.273. The molecule has 0 atom stereocenters. The molecule has 0 saturated carbocycles. The molecular weight excluding hydrogens is 264 g/mol. The monoisotopic (exact) mass is 274 g/mol. The lowest BCUT2D eigenvalue weighted by molar-refractivity contribution is 0.432. The summed E-state index contributed by atoms with van der Waals surface area (Å²) in [5.41, 5.74) is 8.22. The zero-order chi connectivity index (χ0) is 12.8. The number of aryl methyl sites for hydroxylation is 1. The van der Waals surface area contributed by atoms with Gasteiger partial charge in [-0.1, -0.05) is 5.16 Å². The van der Waals surface area contributed by atoms with Gasteiger partial charge in [0.25, 0.3) is 5.89 Å². The molecule has 1 aliphatic carbocycles. The van der Waals surface area contributed by atoms with Gasteiger partial charge in [-0.15, -0.1) is 11.3 Å². The lowest BCUT2D eigenvalue weighted by Gasteiger charge is -1.96. The third kappa shape index (κ3) is 1.56. The van der Waals surface area contributed by atoms with Gasteiger partial charge in [-0.05, 0) is 24.8 Å². The van der Waals surface area contributed by atoms with Gasteiger partial charge in [0.15, 0.2) is 5.82 Å². The molecule has 7 nitrogen and oxygen atoms in total. The van der Waals surface area contributed by atoms with Crippen molar-refractivity contribution in [2.75, 3.05) is 5.73 Å². The van der Waals surface area contributed by atoms with Crippen LogP contribution in [-0.2, 0) is 12.8 Å². The summed E-state index contributed by atoms with van der Waals surface area (Å²) in [6.45, 7) is 0. The van der Waals surface area contributed by atoms with Gasteiger partial charge in [0.1, 0.15) is 6.33 Å². The summed E-state index contributed by atoms with van der Waals surface area (Å²) in [4.78, 5) is 9.68. The number of rotatable bonds is 2. The summed E-state index contributed by atoms with van der Waals surface area (Å²) in [5.74, 6) is 1.34. The summed E-state index contributed by atoms with van der Waals surface area (Å²) in [7, 11) is 0. The van der Waals surface area contributed by atoms with E-state index in [4.69, 9.17) is 10.3 Å². The second kappa shape index (κ2) is 3.89. The van der Waals surface area contributed by atoms with Crippen molar-refractivity contribution in [3.05, 3.63) is 16.8 Å². The third-order valence-electron chi connectivity index (χ3n) is 3.22. The molecule has 1 aliphatic rings. The zero-order valence-electron chi connectivity index (χ0n) is 9.88. The number of nitrogen functional groups attached to an aromatic ring is 1. The van der Waals surface area contributed by atoms with Crippen molar-refractivity contribution in [2.24, 2.45) is 0 Å². The largest absolute Gasteiger partial charge is 0.390 e. The SMILES string of the molecule is Nc1sc2c(c1-c1nc(-c3ncn[nH]3)no1)CCC2. The molecule has 3 aromatic rings. The molecule has 0 unspecified atom stereocenters. The van der Waals surface area contributed by atoms with E-state index < -0.39 is 0 Å². The summed E-state index contributed by atoms with van der Waals surface area (Å²) in [5, 5.41) is 11.1. The zero-order valence-corrected chi connectivity index (χ0v) is 10.7. The molecule has 0 aliphatic heterocycles. The number of H-pyrrole nitrogens is 1. The molecule has 3 aromatic heterocycles. The van der Waals surface area contributed by atoms with E-state index >= 15 is 0 Å². The Labute approximate surface area is 111 Å². The summed E-state index contributed by atoms with van der Waals surface area (Å²) in [6, 6.07) is 0. The summed E-state index contributed by atoms with van der Waals surface area (Å²) in [6.07, 6.45) is 4.69. The smallest absolute Gasteiger partial charge is 0.261 e. The number of nitrogens with two attached hydrogens (primary N) is 1. The second-order valence-corrected chi connectivity index (χ2v) is 5.49. The van der Waals surface area contributed by atoms with E-state index in [-0.39, 0.29) is 0 Å². The Morgan fingerprint density at radius 3 is 3.16 bits per heavy atom. The molecule has 19 heavy (non-hydrogen) atoms. The van der Waals surface area contributed by atoms with Gasteiger partial charge >= 0.3 is 0 Å². The van der Waals surface area contributed by atoms with Gasteiger partial charge in [0.05, 0.1) is 10.6 Å². The summed E-state index contributed by atoms with van der Waals surface area (Å²) >= 11 is 1.62. The van der Waals surface area contributed by atoms with Gasteiger partial charge in [0.2, 0.25) is 5.82 Å². The van der Waals surface area contributed by atoms with Crippen molar-refractivity contribution in [1.29, 1.82) is 0 Å². The highest BCUT2D eigenvalue weighted by molar-refractivity contribution is 7.16. The molecule has 0 aromatic carbocycles. The Balaban J connectivity index is 1.82. The van der Waals surface area contributed by atoms with Crippen LogP contribution >= 0.6 is 11.3 Å². The second-order valence-electron chi connectivity index (χ2n) is 4.35. The number of anilines is 1. The lowest BCUT2D eigenvalue weighted by Crippen LogP contribution is -1.89. The van der Waals surface area contributed by atoms with E-state index in [9.17, 15) is 0 Å². The number of aromatic amines is 1. The molecule has 3 heterocycles. The minimum absolute atomic E-state index is 0.393. The highest BCUT2D eigenvalue weighted by atomic mass is 32.1. The van der Waals surface area contributed by atoms with Crippen molar-refractivity contribution in [1.82, 2.24) is 25.3 Å². The standard InChI is InChI=1S/C11H10N6OS/c12-8-7(5-2-1-3-6(5)19-8)11-15-10(17-18-11)9-13-4-14-16-9/h4H,1-3,12H2,(H,13,14,16). The van der Waals surface area contributed by atoms with Crippen LogP contribution in [0.5, 0.6) is 0 Å². The first-order valence-electron chi connectivity index (χ1n) is 5.93. The molecule has 0 amide bonds.